The Morgan fingerprint density at radius 3 is 2.38 bits per heavy atom. The number of nitrogens with zero attached hydrogens (tertiary/aromatic N) is 2. The van der Waals surface area contributed by atoms with Gasteiger partial charge in [0, 0.05) is 23.5 Å². The zero-order valence-corrected chi connectivity index (χ0v) is 18.9. The van der Waals surface area contributed by atoms with Gasteiger partial charge in [0.05, 0.1) is 46.4 Å². The molecule has 1 aliphatic heterocycles. The third-order valence-corrected chi connectivity index (χ3v) is 5.91. The first-order chi connectivity index (χ1) is 15.5. The fourth-order valence-corrected chi connectivity index (χ4v) is 4.02. The molecule has 1 amide bonds. The predicted octanol–water partition coefficient (Wildman–Crippen LogP) is 0.248. The third-order valence-electron chi connectivity index (χ3n) is 5.91. The van der Waals surface area contributed by atoms with E-state index in [0.717, 1.165) is 13.1 Å². The van der Waals surface area contributed by atoms with E-state index in [1.54, 1.807) is 18.2 Å². The summed E-state index contributed by atoms with van der Waals surface area (Å²) in [4.78, 5) is 32.9. The molecule has 0 radical (unpaired) electrons. The highest BCUT2D eigenvalue weighted by Gasteiger charge is 2.45. The molecule has 1 atom stereocenters. The lowest BCUT2D eigenvalue weighted by molar-refractivity contribution is -0.895. The van der Waals surface area contributed by atoms with E-state index in [0.29, 0.717) is 35.7 Å². The van der Waals surface area contributed by atoms with E-state index in [4.69, 9.17) is 9.47 Å². The number of carbonyl (C=O) groups is 2. The minimum Gasteiger partial charge on any atom is -0.872 e. The Balaban J connectivity index is 2.18. The number of rotatable bonds is 9. The number of amides is 1. The van der Waals surface area contributed by atoms with E-state index in [2.05, 4.69) is 18.8 Å². The van der Waals surface area contributed by atoms with Crippen molar-refractivity contribution in [2.75, 3.05) is 40.4 Å². The molecule has 1 fully saturated rings. The Morgan fingerprint density at radius 1 is 1.09 bits per heavy atom. The fourth-order valence-electron chi connectivity index (χ4n) is 4.02. The van der Waals surface area contributed by atoms with Crippen LogP contribution < -0.4 is 19.5 Å². The normalized spacial score (nSPS) is 17.8. The number of nitrogens with one attached hydrogen (secondary N) is 1. The SMILES string of the molecule is CC[NH+](CC)CCN1C(=O)C(=O)C(=C([O-])c2ccncc2)C1c1cc(OC)ccc1OC. The molecule has 32 heavy (non-hydrogen) atoms. The lowest BCUT2D eigenvalue weighted by Crippen LogP contribution is -3.12. The number of ketones is 1. The van der Waals surface area contributed by atoms with E-state index < -0.39 is 23.5 Å². The van der Waals surface area contributed by atoms with Gasteiger partial charge in [-0.1, -0.05) is 5.76 Å². The van der Waals surface area contributed by atoms with Gasteiger partial charge in [-0.05, 0) is 49.7 Å². The van der Waals surface area contributed by atoms with Crippen molar-refractivity contribution < 1.29 is 29.1 Å². The highest BCUT2D eigenvalue weighted by atomic mass is 16.5. The van der Waals surface area contributed by atoms with Crippen molar-refractivity contribution >= 4 is 17.4 Å². The van der Waals surface area contributed by atoms with Crippen LogP contribution in [0, 0.1) is 0 Å². The Labute approximate surface area is 188 Å². The van der Waals surface area contributed by atoms with Crippen LogP contribution in [0.4, 0.5) is 0 Å². The molecule has 1 aliphatic rings. The number of carbonyl (C=O) groups excluding carboxylic acids is 2. The molecular weight excluding hydrogens is 410 g/mol. The minimum atomic E-state index is -0.865. The topological polar surface area (TPSA) is 96.2 Å². The highest BCUT2D eigenvalue weighted by Crippen LogP contribution is 2.43. The van der Waals surface area contributed by atoms with Crippen LogP contribution in [0.1, 0.15) is 31.0 Å². The van der Waals surface area contributed by atoms with E-state index in [9.17, 15) is 14.7 Å². The summed E-state index contributed by atoms with van der Waals surface area (Å²) in [5.41, 5.74) is 0.763. The molecular formula is C24H29N3O5. The summed E-state index contributed by atoms with van der Waals surface area (Å²) < 4.78 is 10.9. The predicted molar refractivity (Wildman–Crippen MR) is 117 cm³/mol. The Bertz CT molecular complexity index is 1000. The van der Waals surface area contributed by atoms with Crippen molar-refractivity contribution in [2.24, 2.45) is 0 Å². The van der Waals surface area contributed by atoms with E-state index in [-0.39, 0.29) is 5.57 Å². The first kappa shape index (κ1) is 23.3. The zero-order valence-electron chi connectivity index (χ0n) is 18.9. The summed E-state index contributed by atoms with van der Waals surface area (Å²) in [6.45, 7) is 6.93. The van der Waals surface area contributed by atoms with Gasteiger partial charge >= 0.3 is 0 Å². The maximum Gasteiger partial charge on any atom is 0.295 e. The van der Waals surface area contributed by atoms with Crippen molar-refractivity contribution in [3.05, 3.63) is 59.4 Å². The molecule has 1 aromatic heterocycles. The summed E-state index contributed by atoms with van der Waals surface area (Å²) >= 11 is 0. The van der Waals surface area contributed by atoms with Gasteiger partial charge in [-0.25, -0.2) is 0 Å². The van der Waals surface area contributed by atoms with Crippen molar-refractivity contribution in [1.82, 2.24) is 9.88 Å². The van der Waals surface area contributed by atoms with Gasteiger partial charge in [0.25, 0.3) is 5.91 Å². The summed E-state index contributed by atoms with van der Waals surface area (Å²) in [6, 6.07) is 7.37. The standard InChI is InChI=1S/C24H29N3O5/c1-5-26(6-2)13-14-27-21(18-15-17(31-3)7-8-19(18)32-4)20(23(29)24(27)30)22(28)16-9-11-25-12-10-16/h7-12,15,21,28H,5-6,13-14H2,1-4H3. The van der Waals surface area contributed by atoms with Gasteiger partial charge in [0.15, 0.2) is 0 Å². The second-order valence-corrected chi connectivity index (χ2v) is 7.52. The number of pyridine rings is 1. The van der Waals surface area contributed by atoms with Crippen LogP contribution in [0.5, 0.6) is 11.5 Å². The molecule has 8 nitrogen and oxygen atoms in total. The molecule has 0 aliphatic carbocycles. The molecule has 1 N–H and O–H groups in total. The molecule has 2 aromatic rings. The average molecular weight is 440 g/mol. The molecule has 8 heteroatoms. The molecule has 2 heterocycles. The monoisotopic (exact) mass is 439 g/mol. The number of hydrogen-bond acceptors (Lipinski definition) is 6. The second kappa shape index (κ2) is 10.3. The number of likely N-dealkylation sites (tertiary alicyclic amines) is 1. The van der Waals surface area contributed by atoms with Gasteiger partial charge in [-0.15, -0.1) is 0 Å². The van der Waals surface area contributed by atoms with Crippen molar-refractivity contribution in [1.29, 1.82) is 0 Å². The zero-order chi connectivity index (χ0) is 23.3. The lowest BCUT2D eigenvalue weighted by Gasteiger charge is -2.29. The maximum absolute atomic E-state index is 13.4. The van der Waals surface area contributed by atoms with E-state index in [1.807, 2.05) is 0 Å². The number of quaternary nitrogens is 1. The quantitative estimate of drug-likeness (QED) is 0.342. The van der Waals surface area contributed by atoms with Crippen LogP contribution in [0.3, 0.4) is 0 Å². The number of methoxy groups -OCH3 is 2. The molecule has 3 rings (SSSR count). The van der Waals surface area contributed by atoms with E-state index in [1.165, 1.54) is 48.5 Å². The van der Waals surface area contributed by atoms with Crippen LogP contribution in [-0.2, 0) is 9.59 Å². The Hall–Kier alpha value is -3.39. The van der Waals surface area contributed by atoms with Gasteiger partial charge < -0.3 is 24.4 Å². The first-order valence-electron chi connectivity index (χ1n) is 10.7. The molecule has 1 unspecified atom stereocenters. The number of aromatic nitrogens is 1. The number of hydrogen-bond donors (Lipinski definition) is 1. The average Bonchev–Trinajstić information content (AvgIpc) is 3.09. The Morgan fingerprint density at radius 2 is 1.78 bits per heavy atom. The molecule has 0 spiro atoms. The number of ether oxygens (including phenoxy) is 2. The number of likely N-dealkylation sites (N-methyl/N-ethyl adjacent to an activating group) is 1. The molecule has 0 saturated carbocycles. The van der Waals surface area contributed by atoms with E-state index >= 15 is 0 Å². The molecule has 170 valence electrons. The van der Waals surface area contributed by atoms with Crippen molar-refractivity contribution in [2.45, 2.75) is 19.9 Å². The summed E-state index contributed by atoms with van der Waals surface area (Å²) in [7, 11) is 3.05. The summed E-state index contributed by atoms with van der Waals surface area (Å²) in [6.07, 6.45) is 2.97. The van der Waals surface area contributed by atoms with Crippen LogP contribution in [0.15, 0.2) is 48.3 Å². The van der Waals surface area contributed by atoms with Crippen LogP contribution in [-0.4, -0.2) is 62.0 Å². The van der Waals surface area contributed by atoms with Crippen molar-refractivity contribution in [3.8, 4) is 11.5 Å². The molecule has 1 saturated heterocycles. The number of benzene rings is 1. The third kappa shape index (κ3) is 4.45. The highest BCUT2D eigenvalue weighted by molar-refractivity contribution is 6.46. The minimum absolute atomic E-state index is 0.0812. The van der Waals surface area contributed by atoms with Crippen LogP contribution in [0.25, 0.3) is 5.76 Å². The molecule has 1 aromatic carbocycles. The van der Waals surface area contributed by atoms with Gasteiger partial charge in [0.2, 0.25) is 5.78 Å². The molecule has 0 bridgehead atoms. The number of Topliss-reactive ketones (excluding diaryl/α,β-unsaturated/α-hetero) is 1. The summed E-state index contributed by atoms with van der Waals surface area (Å²) in [5.74, 6) is -0.936. The van der Waals surface area contributed by atoms with Gasteiger partial charge in [-0.2, -0.15) is 0 Å². The van der Waals surface area contributed by atoms with Crippen molar-refractivity contribution in [3.63, 3.8) is 0 Å². The van der Waals surface area contributed by atoms with Gasteiger partial charge in [0.1, 0.15) is 11.5 Å². The van der Waals surface area contributed by atoms with Crippen LogP contribution >= 0.6 is 0 Å². The summed E-state index contributed by atoms with van der Waals surface area (Å²) in [5, 5.41) is 13.4. The Kier molecular flexibility index (Phi) is 7.48. The van der Waals surface area contributed by atoms with Gasteiger partial charge in [-0.3, -0.25) is 14.6 Å². The van der Waals surface area contributed by atoms with Crippen LogP contribution in [0.2, 0.25) is 0 Å². The smallest absolute Gasteiger partial charge is 0.295 e. The maximum atomic E-state index is 13.4. The second-order valence-electron chi connectivity index (χ2n) is 7.52. The first-order valence-corrected chi connectivity index (χ1v) is 10.7. The lowest BCUT2D eigenvalue weighted by atomic mass is 9.94. The largest absolute Gasteiger partial charge is 0.872 e. The fraction of sp³-hybridized carbons (Fsp3) is 0.375.